The van der Waals surface area contributed by atoms with Crippen molar-refractivity contribution in [3.8, 4) is 10.6 Å². The van der Waals surface area contributed by atoms with Gasteiger partial charge in [-0.2, -0.15) is 0 Å². The Morgan fingerprint density at radius 3 is 2.44 bits per heavy atom. The fraction of sp³-hybridized carbons (Fsp3) is 0.250. The molecule has 4 heteroatoms. The molecule has 0 aliphatic carbocycles. The molecular formula is C12H14N2OS. The molecule has 0 spiro atoms. The molecule has 1 heterocycles. The third-order valence-corrected chi connectivity index (χ3v) is 3.37. The van der Waals surface area contributed by atoms with E-state index >= 15 is 0 Å². The van der Waals surface area contributed by atoms with Gasteiger partial charge >= 0.3 is 0 Å². The van der Waals surface area contributed by atoms with Gasteiger partial charge in [-0.3, -0.25) is 0 Å². The lowest BCUT2D eigenvalue weighted by Crippen LogP contribution is -2.07. The van der Waals surface area contributed by atoms with Crippen molar-refractivity contribution in [3.05, 3.63) is 35.3 Å². The Bertz CT molecular complexity index is 462. The molecule has 84 valence electrons. The molecule has 0 bridgehead atoms. The average molecular weight is 234 g/mol. The monoisotopic (exact) mass is 234 g/mol. The normalized spacial score (nSPS) is 10.4. The van der Waals surface area contributed by atoms with Crippen LogP contribution in [0.4, 0.5) is 5.69 Å². The second kappa shape index (κ2) is 4.63. The van der Waals surface area contributed by atoms with E-state index in [9.17, 15) is 0 Å². The van der Waals surface area contributed by atoms with E-state index in [-0.39, 0.29) is 6.61 Å². The van der Waals surface area contributed by atoms with Gasteiger partial charge < -0.3 is 10.0 Å². The maximum absolute atomic E-state index is 8.98. The zero-order chi connectivity index (χ0) is 11.5. The van der Waals surface area contributed by atoms with Gasteiger partial charge in [0.05, 0.1) is 11.5 Å². The molecule has 0 radical (unpaired) electrons. The molecule has 16 heavy (non-hydrogen) atoms. The van der Waals surface area contributed by atoms with Crippen molar-refractivity contribution in [2.75, 3.05) is 19.0 Å². The fourth-order valence-electron chi connectivity index (χ4n) is 1.42. The predicted molar refractivity (Wildman–Crippen MR) is 67.8 cm³/mol. The fourth-order valence-corrected chi connectivity index (χ4v) is 2.19. The summed E-state index contributed by atoms with van der Waals surface area (Å²) in [5.41, 5.74) is 2.26. The second-order valence-electron chi connectivity index (χ2n) is 3.73. The molecule has 2 rings (SSSR count). The Morgan fingerprint density at radius 2 is 1.94 bits per heavy atom. The molecule has 0 atom stereocenters. The number of aromatic nitrogens is 1. The van der Waals surface area contributed by atoms with Gasteiger partial charge in [-0.1, -0.05) is 0 Å². The van der Waals surface area contributed by atoms with Crippen molar-refractivity contribution in [2.24, 2.45) is 0 Å². The van der Waals surface area contributed by atoms with Crippen molar-refractivity contribution in [1.29, 1.82) is 0 Å². The summed E-state index contributed by atoms with van der Waals surface area (Å²) < 4.78 is 0. The van der Waals surface area contributed by atoms with Gasteiger partial charge in [0.15, 0.2) is 0 Å². The third kappa shape index (κ3) is 2.23. The van der Waals surface area contributed by atoms with Crippen LogP contribution >= 0.6 is 11.3 Å². The van der Waals surface area contributed by atoms with Gasteiger partial charge in [0, 0.05) is 31.5 Å². The van der Waals surface area contributed by atoms with Gasteiger partial charge in [0.2, 0.25) is 0 Å². The van der Waals surface area contributed by atoms with E-state index in [0.717, 1.165) is 15.4 Å². The minimum atomic E-state index is 0.0629. The molecule has 0 amide bonds. The maximum atomic E-state index is 8.98. The molecule has 0 unspecified atom stereocenters. The van der Waals surface area contributed by atoms with Crippen LogP contribution in [0.1, 0.15) is 4.88 Å². The van der Waals surface area contributed by atoms with Crippen LogP contribution < -0.4 is 4.90 Å². The number of aliphatic hydroxyl groups excluding tert-OH is 1. The van der Waals surface area contributed by atoms with E-state index < -0.39 is 0 Å². The number of hydrogen-bond acceptors (Lipinski definition) is 4. The SMILES string of the molecule is CN(C)c1ccc(-c2ncc(CO)s2)cc1. The zero-order valence-electron chi connectivity index (χ0n) is 9.34. The first-order chi connectivity index (χ1) is 7.70. The topological polar surface area (TPSA) is 36.4 Å². The van der Waals surface area contributed by atoms with Crippen LogP contribution in [0.2, 0.25) is 0 Å². The van der Waals surface area contributed by atoms with Crippen LogP contribution in [-0.2, 0) is 6.61 Å². The van der Waals surface area contributed by atoms with E-state index in [2.05, 4.69) is 34.1 Å². The van der Waals surface area contributed by atoms with Crippen molar-refractivity contribution >= 4 is 17.0 Å². The summed E-state index contributed by atoms with van der Waals surface area (Å²) >= 11 is 1.53. The first-order valence-electron chi connectivity index (χ1n) is 5.04. The van der Waals surface area contributed by atoms with Crippen LogP contribution in [0, 0.1) is 0 Å². The molecule has 1 aromatic heterocycles. The van der Waals surface area contributed by atoms with Crippen LogP contribution in [0.5, 0.6) is 0 Å². The molecule has 0 saturated heterocycles. The van der Waals surface area contributed by atoms with Crippen molar-refractivity contribution in [3.63, 3.8) is 0 Å². The highest BCUT2D eigenvalue weighted by Gasteiger charge is 2.04. The number of anilines is 1. The van der Waals surface area contributed by atoms with Crippen molar-refractivity contribution in [2.45, 2.75) is 6.61 Å². The lowest BCUT2D eigenvalue weighted by atomic mass is 10.2. The summed E-state index contributed by atoms with van der Waals surface area (Å²) in [6.45, 7) is 0.0629. The van der Waals surface area contributed by atoms with E-state index in [0.29, 0.717) is 0 Å². The summed E-state index contributed by atoms with van der Waals surface area (Å²) in [6.07, 6.45) is 1.72. The Balaban J connectivity index is 2.27. The standard InChI is InChI=1S/C12H14N2OS/c1-14(2)10-5-3-9(4-6-10)12-13-7-11(8-15)16-12/h3-7,15H,8H2,1-2H3. The Labute approximate surface area is 99.0 Å². The lowest BCUT2D eigenvalue weighted by Gasteiger charge is -2.11. The number of thiazole rings is 1. The molecule has 3 nitrogen and oxygen atoms in total. The molecule has 0 aliphatic heterocycles. The first-order valence-corrected chi connectivity index (χ1v) is 5.85. The van der Waals surface area contributed by atoms with Gasteiger partial charge in [0.1, 0.15) is 5.01 Å². The molecule has 0 fully saturated rings. The molecule has 0 saturated carbocycles. The first kappa shape index (κ1) is 11.1. The van der Waals surface area contributed by atoms with Crippen LogP contribution in [0.3, 0.4) is 0 Å². The highest BCUT2D eigenvalue weighted by atomic mass is 32.1. The zero-order valence-corrected chi connectivity index (χ0v) is 10.2. The molecule has 1 N–H and O–H groups in total. The highest BCUT2D eigenvalue weighted by Crippen LogP contribution is 2.26. The summed E-state index contributed by atoms with van der Waals surface area (Å²) in [5, 5.41) is 9.93. The lowest BCUT2D eigenvalue weighted by molar-refractivity contribution is 0.285. The smallest absolute Gasteiger partial charge is 0.123 e. The summed E-state index contributed by atoms with van der Waals surface area (Å²) in [4.78, 5) is 7.23. The van der Waals surface area contributed by atoms with Crippen LogP contribution in [0.15, 0.2) is 30.5 Å². The van der Waals surface area contributed by atoms with Gasteiger partial charge in [-0.15, -0.1) is 11.3 Å². The van der Waals surface area contributed by atoms with Crippen LogP contribution in [-0.4, -0.2) is 24.2 Å². The minimum Gasteiger partial charge on any atom is -0.391 e. The van der Waals surface area contributed by atoms with Crippen molar-refractivity contribution in [1.82, 2.24) is 4.98 Å². The second-order valence-corrected chi connectivity index (χ2v) is 4.85. The summed E-state index contributed by atoms with van der Waals surface area (Å²) in [5.74, 6) is 0. The predicted octanol–water partition coefficient (Wildman–Crippen LogP) is 2.37. The third-order valence-electron chi connectivity index (χ3n) is 2.34. The number of rotatable bonds is 3. The van der Waals surface area contributed by atoms with E-state index in [1.54, 1.807) is 6.20 Å². The van der Waals surface area contributed by atoms with Gasteiger partial charge in [0.25, 0.3) is 0 Å². The molecule has 2 aromatic rings. The average Bonchev–Trinajstić information content (AvgIpc) is 2.77. The Kier molecular flexibility index (Phi) is 3.22. The van der Waals surface area contributed by atoms with E-state index in [4.69, 9.17) is 5.11 Å². The number of hydrogen-bond donors (Lipinski definition) is 1. The highest BCUT2D eigenvalue weighted by molar-refractivity contribution is 7.15. The largest absolute Gasteiger partial charge is 0.391 e. The van der Waals surface area contributed by atoms with Crippen molar-refractivity contribution < 1.29 is 5.11 Å². The Morgan fingerprint density at radius 1 is 1.25 bits per heavy atom. The quantitative estimate of drug-likeness (QED) is 0.885. The summed E-state index contributed by atoms with van der Waals surface area (Å²) in [6, 6.07) is 8.23. The molecule has 1 aromatic carbocycles. The van der Waals surface area contributed by atoms with E-state index in [1.165, 1.54) is 17.0 Å². The molecule has 0 aliphatic rings. The minimum absolute atomic E-state index is 0.0629. The summed E-state index contributed by atoms with van der Waals surface area (Å²) in [7, 11) is 4.03. The molecular weight excluding hydrogens is 220 g/mol. The Hall–Kier alpha value is -1.39. The maximum Gasteiger partial charge on any atom is 0.123 e. The number of nitrogens with zero attached hydrogens (tertiary/aromatic N) is 2. The van der Waals surface area contributed by atoms with Crippen LogP contribution in [0.25, 0.3) is 10.6 Å². The van der Waals surface area contributed by atoms with Gasteiger partial charge in [-0.05, 0) is 24.3 Å². The number of aliphatic hydroxyl groups is 1. The van der Waals surface area contributed by atoms with Gasteiger partial charge in [-0.25, -0.2) is 4.98 Å². The van der Waals surface area contributed by atoms with E-state index in [1.807, 2.05) is 14.1 Å². The number of benzene rings is 1.